The highest BCUT2D eigenvalue weighted by Gasteiger charge is 2.29. The lowest BCUT2D eigenvalue weighted by atomic mass is 9.99. The number of hydrogen-bond acceptors (Lipinski definition) is 3. The van der Waals surface area contributed by atoms with Gasteiger partial charge in [0.2, 0.25) is 0 Å². The average molecular weight is 329 g/mol. The molecule has 2 aromatic rings. The van der Waals surface area contributed by atoms with Crippen LogP contribution in [0.5, 0.6) is 11.5 Å². The van der Waals surface area contributed by atoms with Crippen molar-refractivity contribution in [2.24, 2.45) is 5.92 Å². The van der Waals surface area contributed by atoms with Crippen molar-refractivity contribution in [3.63, 3.8) is 0 Å². The Labute approximate surface area is 140 Å². The van der Waals surface area contributed by atoms with Gasteiger partial charge < -0.3 is 15.1 Å². The first-order chi connectivity index (χ1) is 11.5. The molecule has 4 nitrogen and oxygen atoms in total. The number of phenolic OH excluding ortho intramolecular Hbond substituents is 2. The van der Waals surface area contributed by atoms with Crippen molar-refractivity contribution >= 4 is 5.91 Å². The Hall–Kier alpha value is -2.56. The summed E-state index contributed by atoms with van der Waals surface area (Å²) in [7, 11) is 0. The van der Waals surface area contributed by atoms with Crippen LogP contribution in [0.15, 0.2) is 36.4 Å². The number of halogens is 1. The van der Waals surface area contributed by atoms with Crippen LogP contribution in [0, 0.1) is 18.7 Å². The third kappa shape index (κ3) is 3.20. The van der Waals surface area contributed by atoms with Gasteiger partial charge in [-0.25, -0.2) is 4.39 Å². The number of benzene rings is 2. The molecular formula is C19H20FNO3. The molecule has 0 bridgehead atoms. The molecule has 1 aliphatic rings. The third-order valence-corrected chi connectivity index (χ3v) is 4.59. The van der Waals surface area contributed by atoms with Gasteiger partial charge >= 0.3 is 0 Å². The van der Waals surface area contributed by atoms with Gasteiger partial charge in [-0.2, -0.15) is 0 Å². The van der Waals surface area contributed by atoms with Crippen LogP contribution in [0.1, 0.15) is 27.9 Å². The number of phenols is 2. The van der Waals surface area contributed by atoms with Crippen LogP contribution < -0.4 is 0 Å². The second-order valence-electron chi connectivity index (χ2n) is 6.36. The van der Waals surface area contributed by atoms with Crippen molar-refractivity contribution < 1.29 is 19.4 Å². The molecular weight excluding hydrogens is 309 g/mol. The van der Waals surface area contributed by atoms with Crippen LogP contribution in [0.4, 0.5) is 4.39 Å². The van der Waals surface area contributed by atoms with E-state index in [-0.39, 0.29) is 28.8 Å². The van der Waals surface area contributed by atoms with E-state index in [4.69, 9.17) is 0 Å². The molecule has 2 aromatic carbocycles. The molecule has 5 heteroatoms. The van der Waals surface area contributed by atoms with Crippen LogP contribution in [-0.2, 0) is 6.42 Å². The van der Waals surface area contributed by atoms with Crippen molar-refractivity contribution in [3.05, 3.63) is 58.9 Å². The van der Waals surface area contributed by atoms with Crippen molar-refractivity contribution in [3.8, 4) is 11.5 Å². The van der Waals surface area contributed by atoms with Crippen molar-refractivity contribution in [2.75, 3.05) is 13.1 Å². The molecule has 1 fully saturated rings. The monoisotopic (exact) mass is 329 g/mol. The van der Waals surface area contributed by atoms with Gasteiger partial charge in [-0.1, -0.05) is 18.2 Å². The van der Waals surface area contributed by atoms with E-state index in [1.807, 2.05) is 0 Å². The molecule has 1 amide bonds. The molecule has 0 saturated carbocycles. The number of carbonyl (C=O) groups is 1. The van der Waals surface area contributed by atoms with Gasteiger partial charge in [-0.3, -0.25) is 4.79 Å². The summed E-state index contributed by atoms with van der Waals surface area (Å²) in [5.74, 6) is -0.827. The fraction of sp³-hybridized carbons (Fsp3) is 0.316. The first kappa shape index (κ1) is 16.3. The minimum Gasteiger partial charge on any atom is -0.504 e. The van der Waals surface area contributed by atoms with E-state index < -0.39 is 0 Å². The molecule has 1 saturated heterocycles. The summed E-state index contributed by atoms with van der Waals surface area (Å²) in [6.45, 7) is 2.86. The lowest BCUT2D eigenvalue weighted by Crippen LogP contribution is -2.29. The van der Waals surface area contributed by atoms with E-state index in [0.29, 0.717) is 24.6 Å². The van der Waals surface area contributed by atoms with Gasteiger partial charge in [0, 0.05) is 13.1 Å². The van der Waals surface area contributed by atoms with Gasteiger partial charge in [0.25, 0.3) is 5.91 Å². The van der Waals surface area contributed by atoms with Gasteiger partial charge in [0.1, 0.15) is 5.82 Å². The predicted molar refractivity (Wildman–Crippen MR) is 88.6 cm³/mol. The summed E-state index contributed by atoms with van der Waals surface area (Å²) in [6, 6.07) is 9.59. The zero-order valence-corrected chi connectivity index (χ0v) is 13.5. The summed E-state index contributed by atoms with van der Waals surface area (Å²) in [6.07, 6.45) is 1.65. The highest BCUT2D eigenvalue weighted by molar-refractivity contribution is 5.98. The third-order valence-electron chi connectivity index (χ3n) is 4.59. The maximum atomic E-state index is 13.0. The van der Waals surface area contributed by atoms with Gasteiger partial charge in [-0.15, -0.1) is 0 Å². The van der Waals surface area contributed by atoms with Gasteiger partial charge in [0.05, 0.1) is 5.56 Å². The second kappa shape index (κ2) is 6.51. The Morgan fingerprint density at radius 1 is 1.17 bits per heavy atom. The quantitative estimate of drug-likeness (QED) is 0.850. The number of amides is 1. The molecule has 0 aromatic heterocycles. The Bertz CT molecular complexity index is 758. The summed E-state index contributed by atoms with van der Waals surface area (Å²) in [4.78, 5) is 14.3. The average Bonchev–Trinajstić information content (AvgIpc) is 3.03. The molecule has 1 heterocycles. The standard InChI is InChI=1S/C19H20FNO3/c1-12-2-7-16(18(23)17(12)22)19(24)21-9-8-14(11-21)10-13-3-5-15(20)6-4-13/h2-7,14,22-23H,8-11H2,1H3. The number of carbonyl (C=O) groups excluding carboxylic acids is 1. The Morgan fingerprint density at radius 2 is 1.88 bits per heavy atom. The van der Waals surface area contributed by atoms with E-state index in [2.05, 4.69) is 0 Å². The van der Waals surface area contributed by atoms with Crippen LogP contribution in [-0.4, -0.2) is 34.1 Å². The molecule has 0 aliphatic carbocycles. The molecule has 3 rings (SSSR count). The maximum Gasteiger partial charge on any atom is 0.257 e. The SMILES string of the molecule is Cc1ccc(C(=O)N2CCC(Cc3ccc(F)cc3)C2)c(O)c1O. The minimum atomic E-state index is -0.359. The van der Waals surface area contributed by atoms with E-state index >= 15 is 0 Å². The first-order valence-corrected chi connectivity index (χ1v) is 8.01. The molecule has 0 radical (unpaired) electrons. The highest BCUT2D eigenvalue weighted by Crippen LogP contribution is 2.34. The number of aromatic hydroxyl groups is 2. The van der Waals surface area contributed by atoms with Crippen LogP contribution in [0.2, 0.25) is 0 Å². The van der Waals surface area contributed by atoms with Crippen molar-refractivity contribution in [2.45, 2.75) is 19.8 Å². The smallest absolute Gasteiger partial charge is 0.257 e. The number of likely N-dealkylation sites (tertiary alicyclic amines) is 1. The highest BCUT2D eigenvalue weighted by atomic mass is 19.1. The number of nitrogens with zero attached hydrogens (tertiary/aromatic N) is 1. The zero-order chi connectivity index (χ0) is 17.3. The predicted octanol–water partition coefficient (Wildman–Crippen LogP) is 3.25. The zero-order valence-electron chi connectivity index (χ0n) is 13.5. The molecule has 0 spiro atoms. The minimum absolute atomic E-state index is 0.125. The Morgan fingerprint density at radius 3 is 2.58 bits per heavy atom. The Kier molecular flexibility index (Phi) is 4.42. The Balaban J connectivity index is 1.68. The van der Waals surface area contributed by atoms with E-state index in [1.165, 1.54) is 12.1 Å². The summed E-state index contributed by atoms with van der Waals surface area (Å²) in [5.41, 5.74) is 1.70. The van der Waals surface area contributed by atoms with E-state index in [9.17, 15) is 19.4 Å². The fourth-order valence-electron chi connectivity index (χ4n) is 3.16. The van der Waals surface area contributed by atoms with Crippen LogP contribution in [0.25, 0.3) is 0 Å². The number of hydrogen-bond donors (Lipinski definition) is 2. The maximum absolute atomic E-state index is 13.0. The molecule has 24 heavy (non-hydrogen) atoms. The lowest BCUT2D eigenvalue weighted by molar-refractivity contribution is 0.0783. The molecule has 1 aliphatic heterocycles. The molecule has 126 valence electrons. The van der Waals surface area contributed by atoms with E-state index in [1.54, 1.807) is 36.1 Å². The molecule has 2 N–H and O–H groups in total. The van der Waals surface area contributed by atoms with Gasteiger partial charge in [0.15, 0.2) is 11.5 Å². The topological polar surface area (TPSA) is 60.8 Å². The second-order valence-corrected chi connectivity index (χ2v) is 6.36. The normalized spacial score (nSPS) is 17.2. The van der Waals surface area contributed by atoms with Crippen molar-refractivity contribution in [1.29, 1.82) is 0 Å². The first-order valence-electron chi connectivity index (χ1n) is 8.01. The van der Waals surface area contributed by atoms with Crippen LogP contribution in [0.3, 0.4) is 0 Å². The number of rotatable bonds is 3. The summed E-state index contributed by atoms with van der Waals surface area (Å²) in [5, 5.41) is 19.8. The summed E-state index contributed by atoms with van der Waals surface area (Å²) < 4.78 is 13.0. The van der Waals surface area contributed by atoms with E-state index in [0.717, 1.165) is 18.4 Å². The molecule has 1 atom stereocenters. The fourth-order valence-corrected chi connectivity index (χ4v) is 3.16. The molecule has 1 unspecified atom stereocenters. The number of aryl methyl sites for hydroxylation is 1. The summed E-state index contributed by atoms with van der Waals surface area (Å²) >= 11 is 0. The van der Waals surface area contributed by atoms with Crippen LogP contribution >= 0.6 is 0 Å². The van der Waals surface area contributed by atoms with Gasteiger partial charge in [-0.05, 0) is 55.0 Å². The largest absolute Gasteiger partial charge is 0.504 e. The lowest BCUT2D eigenvalue weighted by Gasteiger charge is -2.18. The van der Waals surface area contributed by atoms with Crippen molar-refractivity contribution in [1.82, 2.24) is 4.90 Å².